The van der Waals surface area contributed by atoms with Crippen molar-refractivity contribution in [2.45, 2.75) is 95.8 Å². The maximum Gasteiger partial charge on any atom is 0.165 e. The van der Waals surface area contributed by atoms with Gasteiger partial charge in [0.2, 0.25) is 0 Å². The van der Waals surface area contributed by atoms with E-state index in [1.165, 1.54) is 30.5 Å². The number of phenolic OH excluding ortho intramolecular Hbond substituents is 1. The van der Waals surface area contributed by atoms with E-state index in [1.807, 2.05) is 13.0 Å². The Balaban J connectivity index is 1.47. The zero-order valence-corrected chi connectivity index (χ0v) is 21.2. The molecular formula is C29H41NO4. The SMILES string of the molecule is CC(C)(C)[C@@](C)(O)[C@H]1C[C@@]23CC[C@]1(CO)[C@@H]1Oc4c(O)ccc5c4[C@@]12CCN(CC1CC1)[C@@H]3C5. The molecule has 5 aliphatic carbocycles. The normalized spacial score (nSPS) is 43.9. The number of ether oxygens (including phenoxy) is 1. The van der Waals surface area contributed by atoms with Crippen LogP contribution >= 0.6 is 0 Å². The van der Waals surface area contributed by atoms with Gasteiger partial charge in [-0.3, -0.25) is 4.90 Å². The van der Waals surface area contributed by atoms with Crippen LogP contribution in [0.15, 0.2) is 12.1 Å². The van der Waals surface area contributed by atoms with E-state index in [1.54, 1.807) is 0 Å². The maximum absolute atomic E-state index is 12.2. The minimum atomic E-state index is -0.944. The molecule has 186 valence electrons. The molecule has 1 aromatic carbocycles. The summed E-state index contributed by atoms with van der Waals surface area (Å²) in [5.74, 6) is 1.70. The Bertz CT molecular complexity index is 1060. The lowest BCUT2D eigenvalue weighted by Crippen LogP contribution is -2.81. The van der Waals surface area contributed by atoms with Crippen molar-refractivity contribution in [2.24, 2.45) is 28.1 Å². The number of aliphatic hydroxyl groups excluding tert-OH is 1. The van der Waals surface area contributed by atoms with E-state index >= 15 is 0 Å². The van der Waals surface area contributed by atoms with Gasteiger partial charge in [-0.2, -0.15) is 0 Å². The van der Waals surface area contributed by atoms with E-state index in [0.717, 1.165) is 44.6 Å². The number of likely N-dealkylation sites (tertiary alicyclic amines) is 1. The van der Waals surface area contributed by atoms with E-state index in [9.17, 15) is 15.3 Å². The second-order valence-corrected chi connectivity index (χ2v) is 14.0. The molecule has 7 atom stereocenters. The summed E-state index contributed by atoms with van der Waals surface area (Å²) in [5, 5.41) is 34.2. The quantitative estimate of drug-likeness (QED) is 0.624. The zero-order valence-electron chi connectivity index (χ0n) is 21.2. The van der Waals surface area contributed by atoms with Gasteiger partial charge in [-0.15, -0.1) is 0 Å². The molecule has 1 aromatic rings. The Labute approximate surface area is 203 Å². The highest BCUT2D eigenvalue weighted by molar-refractivity contribution is 5.63. The molecule has 0 aromatic heterocycles. The predicted octanol–water partition coefficient (Wildman–Crippen LogP) is 4.01. The minimum absolute atomic E-state index is 0.00762. The molecule has 5 heteroatoms. The standard InChI is InChI=1S/C29H41NO4/c1-25(2,3)26(4,33)20-14-28-10-9-27(20,16-31)24-29(28)11-12-30(15-17-5-6-17)21(28)13-18-7-8-19(32)23(34-24)22(18)29/h7-8,17,20-21,24,31-33H,5-6,9-16H2,1-4H3/t20-,21-,24+,26+,27-,28-,29+/m1/s1. The van der Waals surface area contributed by atoms with E-state index < -0.39 is 11.0 Å². The lowest BCUT2D eigenvalue weighted by Gasteiger charge is -2.76. The minimum Gasteiger partial charge on any atom is -0.504 e. The van der Waals surface area contributed by atoms with Gasteiger partial charge in [0.1, 0.15) is 6.10 Å². The van der Waals surface area contributed by atoms with E-state index in [0.29, 0.717) is 11.8 Å². The van der Waals surface area contributed by atoms with Crippen molar-refractivity contribution in [1.82, 2.24) is 4.90 Å². The van der Waals surface area contributed by atoms with Crippen LogP contribution in [0.2, 0.25) is 0 Å². The summed E-state index contributed by atoms with van der Waals surface area (Å²) in [7, 11) is 0. The Morgan fingerprint density at radius 3 is 2.56 bits per heavy atom. The Hall–Kier alpha value is -1.30. The average molecular weight is 468 g/mol. The van der Waals surface area contributed by atoms with E-state index in [2.05, 4.69) is 31.7 Å². The molecule has 34 heavy (non-hydrogen) atoms. The Morgan fingerprint density at radius 2 is 1.88 bits per heavy atom. The first-order valence-electron chi connectivity index (χ1n) is 13.6. The molecule has 3 N–H and O–H groups in total. The first-order chi connectivity index (χ1) is 16.0. The molecule has 5 nitrogen and oxygen atoms in total. The number of hydrogen-bond donors (Lipinski definition) is 3. The third-order valence-electron chi connectivity index (χ3n) is 12.0. The smallest absolute Gasteiger partial charge is 0.165 e. The first kappa shape index (κ1) is 21.9. The molecule has 4 saturated carbocycles. The molecule has 2 aliphatic heterocycles. The van der Waals surface area contributed by atoms with Crippen LogP contribution in [0, 0.1) is 28.1 Å². The number of phenols is 1. The molecule has 0 unspecified atom stereocenters. The number of benzene rings is 1. The van der Waals surface area contributed by atoms with Crippen LogP contribution in [-0.4, -0.2) is 57.7 Å². The first-order valence-corrected chi connectivity index (χ1v) is 13.6. The Morgan fingerprint density at radius 1 is 1.12 bits per heavy atom. The van der Waals surface area contributed by atoms with Crippen molar-refractivity contribution >= 4 is 0 Å². The van der Waals surface area contributed by atoms with Crippen molar-refractivity contribution in [3.05, 3.63) is 23.3 Å². The summed E-state index contributed by atoms with van der Waals surface area (Å²) in [5.41, 5.74) is 0.649. The van der Waals surface area contributed by atoms with Crippen LogP contribution < -0.4 is 4.74 Å². The molecule has 8 rings (SSSR count). The van der Waals surface area contributed by atoms with Gasteiger partial charge in [-0.25, -0.2) is 0 Å². The van der Waals surface area contributed by atoms with Crippen LogP contribution in [0.4, 0.5) is 0 Å². The van der Waals surface area contributed by atoms with Gasteiger partial charge in [0.25, 0.3) is 0 Å². The second kappa shape index (κ2) is 6.33. The molecule has 1 saturated heterocycles. The van der Waals surface area contributed by atoms with Crippen LogP contribution in [0.25, 0.3) is 0 Å². The van der Waals surface area contributed by atoms with E-state index in [-0.39, 0.29) is 40.6 Å². The van der Waals surface area contributed by atoms with Crippen molar-refractivity contribution in [3.8, 4) is 11.5 Å². The molecule has 0 radical (unpaired) electrons. The van der Waals surface area contributed by atoms with E-state index in [4.69, 9.17) is 4.74 Å². The molecule has 0 amide bonds. The summed E-state index contributed by atoms with van der Waals surface area (Å²) in [6.07, 6.45) is 7.43. The number of hydrogen-bond acceptors (Lipinski definition) is 5. The lowest BCUT2D eigenvalue weighted by atomic mass is 9.31. The highest BCUT2D eigenvalue weighted by Crippen LogP contribution is 2.79. The number of fused-ring (bicyclic) bond motifs is 2. The molecule has 7 aliphatic rings. The van der Waals surface area contributed by atoms with Gasteiger partial charge in [0.15, 0.2) is 11.5 Å². The highest BCUT2D eigenvalue weighted by Gasteiger charge is 2.81. The lowest BCUT2D eigenvalue weighted by molar-refractivity contribution is -0.289. The second-order valence-electron chi connectivity index (χ2n) is 14.0. The average Bonchev–Trinajstić information content (AvgIpc) is 3.53. The molecule has 5 fully saturated rings. The zero-order chi connectivity index (χ0) is 23.9. The van der Waals surface area contributed by atoms with Crippen LogP contribution in [0.3, 0.4) is 0 Å². The molecule has 2 spiro atoms. The van der Waals surface area contributed by atoms with Crippen LogP contribution in [0.1, 0.15) is 77.3 Å². The highest BCUT2D eigenvalue weighted by atomic mass is 16.5. The van der Waals surface area contributed by atoms with Crippen molar-refractivity contribution in [3.63, 3.8) is 0 Å². The number of aliphatic hydroxyl groups is 2. The summed E-state index contributed by atoms with van der Waals surface area (Å²) < 4.78 is 6.86. The van der Waals surface area contributed by atoms with Gasteiger partial charge < -0.3 is 20.1 Å². The van der Waals surface area contributed by atoms with Gasteiger partial charge in [-0.05, 0) is 87.3 Å². The largest absolute Gasteiger partial charge is 0.504 e. The maximum atomic E-state index is 12.2. The summed E-state index contributed by atoms with van der Waals surface area (Å²) in [6.45, 7) is 10.7. The monoisotopic (exact) mass is 467 g/mol. The van der Waals surface area contributed by atoms with Crippen molar-refractivity contribution in [2.75, 3.05) is 19.7 Å². The van der Waals surface area contributed by atoms with Crippen LogP contribution in [0.5, 0.6) is 11.5 Å². The third kappa shape index (κ3) is 2.25. The fourth-order valence-corrected chi connectivity index (χ4v) is 9.74. The van der Waals surface area contributed by atoms with Gasteiger partial charge in [0, 0.05) is 34.4 Å². The fraction of sp³-hybridized carbons (Fsp3) is 0.793. The number of nitrogens with zero attached hydrogens (tertiary/aromatic N) is 1. The molecular weight excluding hydrogens is 426 g/mol. The van der Waals surface area contributed by atoms with Gasteiger partial charge in [0.05, 0.1) is 12.2 Å². The molecule has 2 heterocycles. The number of piperidine rings is 1. The predicted molar refractivity (Wildman–Crippen MR) is 130 cm³/mol. The van der Waals surface area contributed by atoms with Gasteiger partial charge >= 0.3 is 0 Å². The third-order valence-corrected chi connectivity index (χ3v) is 12.0. The number of rotatable bonds is 4. The fourth-order valence-electron chi connectivity index (χ4n) is 9.74. The van der Waals surface area contributed by atoms with Crippen molar-refractivity contribution < 1.29 is 20.1 Å². The van der Waals surface area contributed by atoms with Gasteiger partial charge in [-0.1, -0.05) is 26.8 Å². The van der Waals surface area contributed by atoms with Crippen molar-refractivity contribution in [1.29, 1.82) is 0 Å². The topological polar surface area (TPSA) is 73.2 Å². The Kier molecular flexibility index (Phi) is 4.08. The summed E-state index contributed by atoms with van der Waals surface area (Å²) in [6, 6.07) is 4.39. The molecule has 4 bridgehead atoms. The summed E-state index contributed by atoms with van der Waals surface area (Å²) >= 11 is 0. The summed E-state index contributed by atoms with van der Waals surface area (Å²) in [4.78, 5) is 2.80. The number of aromatic hydroxyl groups is 1. The van der Waals surface area contributed by atoms with Crippen LogP contribution in [-0.2, 0) is 11.8 Å².